The molecule has 0 saturated carbocycles. The minimum atomic E-state index is -0.711. The van der Waals surface area contributed by atoms with Gasteiger partial charge in [-0.25, -0.2) is 0 Å². The van der Waals surface area contributed by atoms with Gasteiger partial charge in [-0.05, 0) is 26.9 Å². The first-order chi connectivity index (χ1) is 10.9. The van der Waals surface area contributed by atoms with Crippen molar-refractivity contribution in [3.05, 3.63) is 12.3 Å². The van der Waals surface area contributed by atoms with Crippen molar-refractivity contribution in [2.75, 3.05) is 46.1 Å². The molecule has 0 radical (unpaired) electrons. The second-order valence-electron chi connectivity index (χ2n) is 6.24. The van der Waals surface area contributed by atoms with Crippen molar-refractivity contribution in [3.63, 3.8) is 0 Å². The Morgan fingerprint density at radius 1 is 1.35 bits per heavy atom. The van der Waals surface area contributed by atoms with E-state index in [4.69, 9.17) is 0 Å². The number of nitrogens with one attached hydrogen (secondary N) is 2. The van der Waals surface area contributed by atoms with Crippen LogP contribution in [0.15, 0.2) is 12.3 Å². The number of piperidine rings is 1. The molecule has 0 atom stereocenters. The van der Waals surface area contributed by atoms with Crippen LogP contribution >= 0.6 is 0 Å². The predicted octanol–water partition coefficient (Wildman–Crippen LogP) is -0.499. The Kier molecular flexibility index (Phi) is 5.25. The highest BCUT2D eigenvalue weighted by Gasteiger charge is 2.42. The third kappa shape index (κ3) is 3.82. The molecule has 2 amide bonds. The van der Waals surface area contributed by atoms with Gasteiger partial charge in [0.2, 0.25) is 11.8 Å². The fourth-order valence-corrected chi connectivity index (χ4v) is 2.90. The number of carbonyl (C=O) groups excluding carboxylic acids is 2. The zero-order valence-corrected chi connectivity index (χ0v) is 14.3. The number of nitrogens with zero attached hydrogens (tertiary/aromatic N) is 4. The van der Waals surface area contributed by atoms with Gasteiger partial charge < -0.3 is 20.4 Å². The standard InChI is InChI=1S/C15H26N6O2/c1-16-14(23)15(18-12-5-8-17-20(12)4)6-9-21(10-7-15)13(22)11-19(2)3/h5,8,18H,6-7,9-11H2,1-4H3,(H,16,23). The van der Waals surface area contributed by atoms with Crippen molar-refractivity contribution in [2.45, 2.75) is 18.4 Å². The van der Waals surface area contributed by atoms with Crippen molar-refractivity contribution >= 4 is 17.6 Å². The van der Waals surface area contributed by atoms with E-state index >= 15 is 0 Å². The average molecular weight is 322 g/mol. The Bertz CT molecular complexity index is 560. The van der Waals surface area contributed by atoms with Crippen molar-refractivity contribution in [1.29, 1.82) is 0 Å². The Morgan fingerprint density at radius 2 is 2.00 bits per heavy atom. The molecule has 0 aliphatic carbocycles. The quantitative estimate of drug-likeness (QED) is 0.764. The highest BCUT2D eigenvalue weighted by Crippen LogP contribution is 2.27. The van der Waals surface area contributed by atoms with Crippen LogP contribution in [0.3, 0.4) is 0 Å². The molecule has 0 unspecified atom stereocenters. The van der Waals surface area contributed by atoms with Crippen LogP contribution in [-0.4, -0.2) is 77.7 Å². The van der Waals surface area contributed by atoms with Crippen LogP contribution < -0.4 is 10.6 Å². The first-order valence-electron chi connectivity index (χ1n) is 7.79. The van der Waals surface area contributed by atoms with Gasteiger partial charge in [-0.1, -0.05) is 0 Å². The third-order valence-corrected chi connectivity index (χ3v) is 4.27. The molecule has 8 heteroatoms. The number of hydrogen-bond donors (Lipinski definition) is 2. The Balaban J connectivity index is 2.09. The lowest BCUT2D eigenvalue weighted by Gasteiger charge is -2.41. The normalized spacial score (nSPS) is 17.2. The van der Waals surface area contributed by atoms with Gasteiger partial charge in [0.05, 0.1) is 12.7 Å². The summed E-state index contributed by atoms with van der Waals surface area (Å²) in [6.07, 6.45) is 2.82. The first-order valence-corrected chi connectivity index (χ1v) is 7.79. The molecule has 8 nitrogen and oxygen atoms in total. The number of aromatic nitrogens is 2. The Hall–Kier alpha value is -2.09. The van der Waals surface area contributed by atoms with E-state index in [0.29, 0.717) is 32.5 Å². The van der Waals surface area contributed by atoms with Gasteiger partial charge >= 0.3 is 0 Å². The summed E-state index contributed by atoms with van der Waals surface area (Å²) >= 11 is 0. The number of anilines is 1. The number of rotatable bonds is 5. The highest BCUT2D eigenvalue weighted by molar-refractivity contribution is 5.89. The second-order valence-corrected chi connectivity index (χ2v) is 6.24. The molecule has 2 heterocycles. The van der Waals surface area contributed by atoms with Gasteiger partial charge in [0.15, 0.2) is 0 Å². The minimum absolute atomic E-state index is 0.0570. The molecule has 0 bridgehead atoms. The maximum absolute atomic E-state index is 12.5. The molecule has 1 saturated heterocycles. The number of carbonyl (C=O) groups is 2. The summed E-state index contributed by atoms with van der Waals surface area (Å²) in [4.78, 5) is 28.3. The molecule has 1 aromatic rings. The molecule has 2 rings (SSSR count). The average Bonchev–Trinajstić information content (AvgIpc) is 2.91. The van der Waals surface area contributed by atoms with Crippen LogP contribution in [0, 0.1) is 0 Å². The fraction of sp³-hybridized carbons (Fsp3) is 0.667. The minimum Gasteiger partial charge on any atom is -0.357 e. The van der Waals surface area contributed by atoms with Crippen LogP contribution in [0.4, 0.5) is 5.82 Å². The lowest BCUT2D eigenvalue weighted by molar-refractivity contribution is -0.136. The Labute approximate surface area is 136 Å². The summed E-state index contributed by atoms with van der Waals surface area (Å²) in [6.45, 7) is 1.51. The van der Waals surface area contributed by atoms with Gasteiger partial charge in [-0.15, -0.1) is 0 Å². The van der Waals surface area contributed by atoms with E-state index < -0.39 is 5.54 Å². The van der Waals surface area contributed by atoms with E-state index in [0.717, 1.165) is 5.82 Å². The van der Waals surface area contributed by atoms with Crippen molar-refractivity contribution in [2.24, 2.45) is 7.05 Å². The van der Waals surface area contributed by atoms with E-state index in [1.807, 2.05) is 37.0 Å². The first kappa shape index (κ1) is 17.3. The van der Waals surface area contributed by atoms with Gasteiger partial charge in [0.1, 0.15) is 11.4 Å². The zero-order valence-electron chi connectivity index (χ0n) is 14.3. The van der Waals surface area contributed by atoms with Gasteiger partial charge in [0, 0.05) is 33.3 Å². The van der Waals surface area contributed by atoms with Crippen LogP contribution in [0.2, 0.25) is 0 Å². The highest BCUT2D eigenvalue weighted by atomic mass is 16.2. The maximum Gasteiger partial charge on any atom is 0.245 e. The Morgan fingerprint density at radius 3 is 2.48 bits per heavy atom. The molecule has 1 fully saturated rings. The maximum atomic E-state index is 12.5. The molecule has 1 aliphatic heterocycles. The number of likely N-dealkylation sites (tertiary alicyclic amines) is 1. The van der Waals surface area contributed by atoms with E-state index in [9.17, 15) is 9.59 Å². The van der Waals surface area contributed by atoms with Gasteiger partial charge in [-0.3, -0.25) is 14.3 Å². The summed E-state index contributed by atoms with van der Waals surface area (Å²) in [5.74, 6) is 0.834. The fourth-order valence-electron chi connectivity index (χ4n) is 2.90. The van der Waals surface area contributed by atoms with Crippen LogP contribution in [0.5, 0.6) is 0 Å². The molecule has 2 N–H and O–H groups in total. The molecule has 0 spiro atoms. The van der Waals surface area contributed by atoms with Crippen LogP contribution in [-0.2, 0) is 16.6 Å². The second kappa shape index (κ2) is 6.99. The molecular weight excluding hydrogens is 296 g/mol. The van der Waals surface area contributed by atoms with Crippen LogP contribution in [0.1, 0.15) is 12.8 Å². The summed E-state index contributed by atoms with van der Waals surface area (Å²) in [5, 5.41) is 10.2. The van der Waals surface area contributed by atoms with Crippen molar-refractivity contribution in [3.8, 4) is 0 Å². The molecule has 0 aromatic carbocycles. The molecule has 23 heavy (non-hydrogen) atoms. The summed E-state index contributed by atoms with van der Waals surface area (Å²) in [7, 11) is 7.22. The molecular formula is C15H26N6O2. The molecule has 1 aromatic heterocycles. The van der Waals surface area contributed by atoms with E-state index in [1.165, 1.54) is 0 Å². The van der Waals surface area contributed by atoms with Crippen molar-refractivity contribution < 1.29 is 9.59 Å². The van der Waals surface area contributed by atoms with Gasteiger partial charge in [0.25, 0.3) is 0 Å². The van der Waals surface area contributed by atoms with Crippen molar-refractivity contribution in [1.82, 2.24) is 24.9 Å². The van der Waals surface area contributed by atoms with E-state index in [2.05, 4.69) is 15.7 Å². The van der Waals surface area contributed by atoms with E-state index in [1.54, 1.807) is 17.9 Å². The summed E-state index contributed by atoms with van der Waals surface area (Å²) in [6, 6.07) is 1.84. The number of likely N-dealkylation sites (N-methyl/N-ethyl adjacent to an activating group) is 2. The monoisotopic (exact) mass is 322 g/mol. The molecule has 128 valence electrons. The lowest BCUT2D eigenvalue weighted by atomic mass is 9.86. The topological polar surface area (TPSA) is 82.5 Å². The molecule has 1 aliphatic rings. The zero-order chi connectivity index (χ0) is 17.0. The summed E-state index contributed by atoms with van der Waals surface area (Å²) in [5.41, 5.74) is -0.711. The van der Waals surface area contributed by atoms with Gasteiger partial charge in [-0.2, -0.15) is 5.10 Å². The number of amides is 2. The van der Waals surface area contributed by atoms with Crippen LogP contribution in [0.25, 0.3) is 0 Å². The van der Waals surface area contributed by atoms with E-state index in [-0.39, 0.29) is 11.8 Å². The summed E-state index contributed by atoms with van der Waals surface area (Å²) < 4.78 is 1.70. The number of aryl methyl sites for hydroxylation is 1. The predicted molar refractivity (Wildman–Crippen MR) is 88.0 cm³/mol. The largest absolute Gasteiger partial charge is 0.357 e. The lowest BCUT2D eigenvalue weighted by Crippen LogP contribution is -2.59. The third-order valence-electron chi connectivity index (χ3n) is 4.27. The SMILES string of the molecule is CNC(=O)C1(Nc2ccnn2C)CCN(C(=O)CN(C)C)CC1. The number of hydrogen-bond acceptors (Lipinski definition) is 5. The smallest absolute Gasteiger partial charge is 0.245 e.